The Morgan fingerprint density at radius 3 is 2.55 bits per heavy atom. The lowest BCUT2D eigenvalue weighted by Gasteiger charge is -2.15. The summed E-state index contributed by atoms with van der Waals surface area (Å²) in [5, 5.41) is 7.60. The van der Waals surface area contributed by atoms with E-state index in [-0.39, 0.29) is 18.6 Å². The Morgan fingerprint density at radius 1 is 1.03 bits per heavy atom. The molecule has 0 bridgehead atoms. The van der Waals surface area contributed by atoms with Crippen molar-refractivity contribution in [2.75, 3.05) is 6.61 Å². The molecule has 0 spiro atoms. The number of amides is 1. The van der Waals surface area contributed by atoms with Gasteiger partial charge in [-0.3, -0.25) is 4.79 Å². The number of halogens is 1. The van der Waals surface area contributed by atoms with E-state index in [1.54, 1.807) is 24.3 Å². The second-order valence-corrected chi connectivity index (χ2v) is 7.38. The molecule has 0 aliphatic rings. The zero-order chi connectivity index (χ0) is 21.6. The lowest BCUT2D eigenvalue weighted by Crippen LogP contribution is -2.31. The minimum absolute atomic E-state index is 0.111. The van der Waals surface area contributed by atoms with Gasteiger partial charge in [-0.05, 0) is 42.8 Å². The van der Waals surface area contributed by atoms with Crippen molar-refractivity contribution in [3.63, 3.8) is 0 Å². The smallest absolute Gasteiger partial charge is 0.258 e. The van der Waals surface area contributed by atoms with Gasteiger partial charge in [-0.1, -0.05) is 65.3 Å². The molecule has 4 aromatic rings. The maximum Gasteiger partial charge on any atom is 0.258 e. The molecule has 1 N–H and O–H groups in total. The minimum atomic E-state index is -0.225. The number of rotatable bonds is 7. The Morgan fingerprint density at radius 2 is 1.77 bits per heavy atom. The molecule has 3 aromatic carbocycles. The highest BCUT2D eigenvalue weighted by Gasteiger charge is 2.13. The first-order chi connectivity index (χ1) is 15.1. The molecule has 7 heteroatoms. The van der Waals surface area contributed by atoms with Gasteiger partial charge in [0.2, 0.25) is 5.82 Å². The maximum absolute atomic E-state index is 12.3. The monoisotopic (exact) mass is 433 g/mol. The van der Waals surface area contributed by atoms with Gasteiger partial charge in [0.1, 0.15) is 5.75 Å². The summed E-state index contributed by atoms with van der Waals surface area (Å²) in [6.07, 6.45) is 0. The van der Waals surface area contributed by atoms with Crippen LogP contribution in [0, 0.1) is 0 Å². The number of benzene rings is 3. The zero-order valence-electron chi connectivity index (χ0n) is 16.8. The minimum Gasteiger partial charge on any atom is -0.484 e. The highest BCUT2D eigenvalue weighted by atomic mass is 35.5. The molecule has 1 atom stereocenters. The number of carbonyl (C=O) groups excluding carboxylic acids is 1. The lowest BCUT2D eigenvalue weighted by molar-refractivity contribution is -0.123. The molecular formula is C24H20ClN3O3. The van der Waals surface area contributed by atoms with E-state index < -0.39 is 0 Å². The van der Waals surface area contributed by atoms with Gasteiger partial charge in [0.15, 0.2) is 6.61 Å². The number of hydrogen-bond acceptors (Lipinski definition) is 5. The van der Waals surface area contributed by atoms with E-state index in [9.17, 15) is 4.79 Å². The molecule has 0 aliphatic heterocycles. The van der Waals surface area contributed by atoms with Gasteiger partial charge < -0.3 is 14.6 Å². The predicted molar refractivity (Wildman–Crippen MR) is 119 cm³/mol. The molecule has 1 aromatic heterocycles. The van der Waals surface area contributed by atoms with Crippen molar-refractivity contribution in [3.8, 4) is 28.6 Å². The van der Waals surface area contributed by atoms with Gasteiger partial charge in [-0.25, -0.2) is 0 Å². The molecule has 1 amide bonds. The summed E-state index contributed by atoms with van der Waals surface area (Å²) in [6.45, 7) is 1.79. The van der Waals surface area contributed by atoms with E-state index in [2.05, 4.69) is 15.5 Å². The van der Waals surface area contributed by atoms with E-state index in [4.69, 9.17) is 20.9 Å². The van der Waals surface area contributed by atoms with E-state index in [0.717, 1.165) is 11.1 Å². The molecule has 6 nitrogen and oxygen atoms in total. The van der Waals surface area contributed by atoms with Crippen LogP contribution in [0.1, 0.15) is 18.5 Å². The summed E-state index contributed by atoms with van der Waals surface area (Å²) in [5.74, 6) is 1.20. The molecule has 0 saturated heterocycles. The lowest BCUT2D eigenvalue weighted by atomic mass is 10.1. The van der Waals surface area contributed by atoms with Crippen LogP contribution in [0.25, 0.3) is 22.8 Å². The molecule has 1 heterocycles. The molecule has 0 fully saturated rings. The van der Waals surface area contributed by atoms with Crippen molar-refractivity contribution in [1.29, 1.82) is 0 Å². The predicted octanol–water partition coefficient (Wildman–Crippen LogP) is 5.31. The van der Waals surface area contributed by atoms with Crippen LogP contribution in [0.3, 0.4) is 0 Å². The highest BCUT2D eigenvalue weighted by molar-refractivity contribution is 6.30. The van der Waals surface area contributed by atoms with Gasteiger partial charge >= 0.3 is 0 Å². The van der Waals surface area contributed by atoms with E-state index >= 15 is 0 Å². The summed E-state index contributed by atoms with van der Waals surface area (Å²) in [4.78, 5) is 16.7. The standard InChI is InChI=1S/C24H20ClN3O3/c1-16(17-10-12-20(25)13-11-17)26-22(29)15-30-21-9-5-8-19(14-21)24-27-23(28-31-24)18-6-3-2-4-7-18/h2-14,16H,15H2,1H3,(H,26,29). The molecule has 156 valence electrons. The third kappa shape index (κ3) is 5.29. The van der Waals surface area contributed by atoms with Crippen molar-refractivity contribution in [2.24, 2.45) is 0 Å². The van der Waals surface area contributed by atoms with Crippen molar-refractivity contribution < 1.29 is 14.1 Å². The maximum atomic E-state index is 12.3. The Bertz CT molecular complexity index is 1160. The fourth-order valence-electron chi connectivity index (χ4n) is 3.03. The number of hydrogen-bond donors (Lipinski definition) is 1. The van der Waals surface area contributed by atoms with E-state index in [0.29, 0.717) is 28.1 Å². The molecular weight excluding hydrogens is 414 g/mol. The van der Waals surface area contributed by atoms with Gasteiger partial charge in [-0.2, -0.15) is 4.98 Å². The summed E-state index contributed by atoms with van der Waals surface area (Å²) in [5.41, 5.74) is 2.55. The van der Waals surface area contributed by atoms with Gasteiger partial charge in [0.05, 0.1) is 6.04 Å². The zero-order valence-corrected chi connectivity index (χ0v) is 17.5. The van der Waals surface area contributed by atoms with Crippen molar-refractivity contribution in [2.45, 2.75) is 13.0 Å². The Balaban J connectivity index is 1.37. The SMILES string of the molecule is CC(NC(=O)COc1cccc(-c2nc(-c3ccccc3)no2)c1)c1ccc(Cl)cc1. The molecule has 0 radical (unpaired) electrons. The number of ether oxygens (including phenoxy) is 1. The third-order valence-electron chi connectivity index (χ3n) is 4.66. The van der Waals surface area contributed by atoms with Gasteiger partial charge in [0, 0.05) is 16.1 Å². The van der Waals surface area contributed by atoms with Crippen molar-refractivity contribution in [3.05, 3.63) is 89.4 Å². The average molecular weight is 434 g/mol. The Hall–Kier alpha value is -3.64. The third-order valence-corrected chi connectivity index (χ3v) is 4.91. The first-order valence-electron chi connectivity index (χ1n) is 9.76. The molecule has 4 rings (SSSR count). The van der Waals surface area contributed by atoms with Gasteiger partial charge in [-0.15, -0.1) is 0 Å². The Labute approximate surface area is 184 Å². The van der Waals surface area contributed by atoms with Crippen LogP contribution in [0.4, 0.5) is 0 Å². The fourth-order valence-corrected chi connectivity index (χ4v) is 3.16. The van der Waals surface area contributed by atoms with Crippen LogP contribution in [-0.4, -0.2) is 22.7 Å². The first-order valence-corrected chi connectivity index (χ1v) is 10.1. The van der Waals surface area contributed by atoms with Crippen LogP contribution >= 0.6 is 11.6 Å². The topological polar surface area (TPSA) is 77.2 Å². The summed E-state index contributed by atoms with van der Waals surface area (Å²) >= 11 is 5.91. The normalized spacial score (nSPS) is 11.7. The second-order valence-electron chi connectivity index (χ2n) is 6.95. The first kappa shape index (κ1) is 20.6. The number of nitrogens with zero attached hydrogens (tertiary/aromatic N) is 2. The fraction of sp³-hybridized carbons (Fsp3) is 0.125. The largest absolute Gasteiger partial charge is 0.484 e. The van der Waals surface area contributed by atoms with Crippen LogP contribution in [0.15, 0.2) is 83.4 Å². The number of aromatic nitrogens is 2. The highest BCUT2D eigenvalue weighted by Crippen LogP contribution is 2.25. The molecule has 31 heavy (non-hydrogen) atoms. The number of carbonyl (C=O) groups is 1. The average Bonchev–Trinajstić information content (AvgIpc) is 3.29. The number of nitrogens with one attached hydrogen (secondary N) is 1. The summed E-state index contributed by atoms with van der Waals surface area (Å²) in [6, 6.07) is 24.0. The van der Waals surface area contributed by atoms with Crippen molar-refractivity contribution >= 4 is 17.5 Å². The van der Waals surface area contributed by atoms with Crippen LogP contribution < -0.4 is 10.1 Å². The second kappa shape index (κ2) is 9.45. The quantitative estimate of drug-likeness (QED) is 0.427. The van der Waals surface area contributed by atoms with Crippen LogP contribution in [0.5, 0.6) is 5.75 Å². The summed E-state index contributed by atoms with van der Waals surface area (Å²) in [7, 11) is 0. The molecule has 0 aliphatic carbocycles. The van der Waals surface area contributed by atoms with Gasteiger partial charge in [0.25, 0.3) is 11.8 Å². The van der Waals surface area contributed by atoms with E-state index in [1.807, 2.05) is 61.5 Å². The van der Waals surface area contributed by atoms with Crippen molar-refractivity contribution in [1.82, 2.24) is 15.5 Å². The van der Waals surface area contributed by atoms with Crippen LogP contribution in [-0.2, 0) is 4.79 Å². The molecule has 1 unspecified atom stereocenters. The summed E-state index contributed by atoms with van der Waals surface area (Å²) < 4.78 is 11.0. The Kier molecular flexibility index (Phi) is 6.29. The van der Waals surface area contributed by atoms with Crippen LogP contribution in [0.2, 0.25) is 5.02 Å². The van der Waals surface area contributed by atoms with E-state index in [1.165, 1.54) is 0 Å². The molecule has 0 saturated carbocycles.